The second-order valence-electron chi connectivity index (χ2n) is 6.60. The van der Waals surface area contributed by atoms with Crippen molar-refractivity contribution in [2.75, 3.05) is 10.2 Å². The molecule has 0 spiro atoms. The Kier molecular flexibility index (Phi) is 4.75. The highest BCUT2D eigenvalue weighted by Crippen LogP contribution is 2.26. The van der Waals surface area contributed by atoms with E-state index in [-0.39, 0.29) is 29.5 Å². The molecule has 134 valence electrons. The number of carbonyl (C=O) groups excluding carboxylic acids is 2. The molecule has 0 bridgehead atoms. The Hall–Kier alpha value is -3.15. The molecule has 1 aliphatic rings. The molecular formula is C20H20N2O4. The maximum atomic E-state index is 12.7. The Morgan fingerprint density at radius 2 is 1.85 bits per heavy atom. The molecule has 3 rings (SSSR count). The van der Waals surface area contributed by atoms with E-state index in [1.165, 1.54) is 23.8 Å². The van der Waals surface area contributed by atoms with Gasteiger partial charge in [-0.25, -0.2) is 9.69 Å². The summed E-state index contributed by atoms with van der Waals surface area (Å²) in [5.41, 5.74) is 2.27. The minimum atomic E-state index is -1.11. The van der Waals surface area contributed by atoms with E-state index >= 15 is 0 Å². The Bertz CT molecular complexity index is 858. The van der Waals surface area contributed by atoms with Crippen molar-refractivity contribution >= 4 is 29.2 Å². The van der Waals surface area contributed by atoms with Gasteiger partial charge in [-0.1, -0.05) is 32.0 Å². The summed E-state index contributed by atoms with van der Waals surface area (Å²) in [5, 5.41) is 12.2. The fourth-order valence-electron chi connectivity index (χ4n) is 2.96. The predicted octanol–water partition coefficient (Wildman–Crippen LogP) is 3.25. The molecule has 1 heterocycles. The normalized spacial score (nSPS) is 17.0. The minimum absolute atomic E-state index is 0.0298. The molecule has 1 saturated heterocycles. The van der Waals surface area contributed by atoms with E-state index in [4.69, 9.17) is 5.11 Å². The number of rotatable bonds is 5. The molecule has 6 heteroatoms. The number of aromatic carboxylic acids is 1. The van der Waals surface area contributed by atoms with Gasteiger partial charge >= 0.3 is 5.97 Å². The smallest absolute Gasteiger partial charge is 0.335 e. The highest BCUT2D eigenvalue weighted by Gasteiger charge is 2.39. The summed E-state index contributed by atoms with van der Waals surface area (Å²) < 4.78 is 0. The summed E-state index contributed by atoms with van der Waals surface area (Å²) in [6.45, 7) is 4.20. The van der Waals surface area contributed by atoms with Crippen LogP contribution in [0.4, 0.5) is 11.4 Å². The van der Waals surface area contributed by atoms with Crippen LogP contribution in [0.2, 0.25) is 0 Å². The molecular weight excluding hydrogens is 332 g/mol. The summed E-state index contributed by atoms with van der Waals surface area (Å²) in [5.74, 6) is -1.43. The number of imide groups is 1. The average Bonchev–Trinajstić information content (AvgIpc) is 2.89. The predicted molar refractivity (Wildman–Crippen MR) is 98.5 cm³/mol. The van der Waals surface area contributed by atoms with Crippen LogP contribution < -0.4 is 10.2 Å². The van der Waals surface area contributed by atoms with Crippen LogP contribution in [-0.2, 0) is 9.59 Å². The van der Waals surface area contributed by atoms with Crippen LogP contribution >= 0.6 is 0 Å². The lowest BCUT2D eigenvalue weighted by Gasteiger charge is -2.17. The summed E-state index contributed by atoms with van der Waals surface area (Å²) in [6, 6.07) is 12.9. The number of nitrogens with one attached hydrogen (secondary N) is 1. The summed E-state index contributed by atoms with van der Waals surface area (Å²) in [4.78, 5) is 37.2. The van der Waals surface area contributed by atoms with Crippen LogP contribution in [0.1, 0.15) is 42.1 Å². The molecule has 26 heavy (non-hydrogen) atoms. The molecule has 0 radical (unpaired) electrons. The maximum absolute atomic E-state index is 12.7. The van der Waals surface area contributed by atoms with Crippen molar-refractivity contribution in [2.45, 2.75) is 32.2 Å². The zero-order valence-electron chi connectivity index (χ0n) is 14.6. The van der Waals surface area contributed by atoms with Gasteiger partial charge in [0.25, 0.3) is 5.91 Å². The number of carboxylic acid groups (broad SMARTS) is 1. The molecule has 1 atom stereocenters. The molecule has 2 N–H and O–H groups in total. The van der Waals surface area contributed by atoms with Crippen molar-refractivity contribution in [2.24, 2.45) is 0 Å². The van der Waals surface area contributed by atoms with Crippen LogP contribution in [0.25, 0.3) is 0 Å². The van der Waals surface area contributed by atoms with Gasteiger partial charge < -0.3 is 10.4 Å². The van der Waals surface area contributed by atoms with Crippen molar-refractivity contribution in [1.29, 1.82) is 0 Å². The quantitative estimate of drug-likeness (QED) is 0.807. The lowest BCUT2D eigenvalue weighted by atomic mass is 10.0. The third kappa shape index (κ3) is 3.44. The first kappa shape index (κ1) is 17.7. The summed E-state index contributed by atoms with van der Waals surface area (Å²) >= 11 is 0. The van der Waals surface area contributed by atoms with Crippen LogP contribution in [-0.4, -0.2) is 28.9 Å². The second kappa shape index (κ2) is 7.00. The number of hydrogen-bond donors (Lipinski definition) is 2. The van der Waals surface area contributed by atoms with E-state index in [0.717, 1.165) is 10.6 Å². The topological polar surface area (TPSA) is 86.7 Å². The van der Waals surface area contributed by atoms with Crippen LogP contribution in [0.5, 0.6) is 0 Å². The number of hydrogen-bond acceptors (Lipinski definition) is 4. The summed E-state index contributed by atoms with van der Waals surface area (Å²) in [6.07, 6.45) is 0.0298. The maximum Gasteiger partial charge on any atom is 0.335 e. The molecule has 0 aliphatic carbocycles. The molecule has 2 aromatic rings. The van der Waals surface area contributed by atoms with Crippen molar-refractivity contribution in [1.82, 2.24) is 0 Å². The standard InChI is InChI=1S/C20H20N2O4/c1-12(2)13-6-8-15(9-7-13)21-17-11-18(23)22(19(17)24)16-5-3-4-14(10-16)20(25)26/h3-10,12,17,21H,11H2,1-2H3,(H,25,26). The van der Waals surface area contributed by atoms with Gasteiger partial charge in [-0.05, 0) is 41.8 Å². The second-order valence-corrected chi connectivity index (χ2v) is 6.60. The zero-order chi connectivity index (χ0) is 18.8. The summed E-state index contributed by atoms with van der Waals surface area (Å²) in [7, 11) is 0. The molecule has 1 aliphatic heterocycles. The largest absolute Gasteiger partial charge is 0.478 e. The molecule has 2 aromatic carbocycles. The third-order valence-electron chi connectivity index (χ3n) is 4.42. The molecule has 2 amide bonds. The average molecular weight is 352 g/mol. The van der Waals surface area contributed by atoms with Gasteiger partial charge in [0.05, 0.1) is 17.7 Å². The number of amides is 2. The first-order chi connectivity index (χ1) is 12.4. The van der Waals surface area contributed by atoms with Crippen LogP contribution in [0, 0.1) is 0 Å². The Balaban J connectivity index is 1.78. The number of carboxylic acids is 1. The Morgan fingerprint density at radius 3 is 2.46 bits per heavy atom. The van der Waals surface area contributed by atoms with E-state index < -0.39 is 12.0 Å². The highest BCUT2D eigenvalue weighted by atomic mass is 16.4. The van der Waals surface area contributed by atoms with E-state index in [9.17, 15) is 14.4 Å². The van der Waals surface area contributed by atoms with Gasteiger partial charge in [0.15, 0.2) is 0 Å². The number of anilines is 2. The first-order valence-corrected chi connectivity index (χ1v) is 8.43. The van der Waals surface area contributed by atoms with Crippen molar-refractivity contribution in [3.8, 4) is 0 Å². The Labute approximate surface area is 151 Å². The minimum Gasteiger partial charge on any atom is -0.478 e. The third-order valence-corrected chi connectivity index (χ3v) is 4.42. The van der Waals surface area contributed by atoms with Crippen molar-refractivity contribution in [3.63, 3.8) is 0 Å². The van der Waals surface area contributed by atoms with E-state index in [0.29, 0.717) is 5.92 Å². The van der Waals surface area contributed by atoms with Crippen molar-refractivity contribution < 1.29 is 19.5 Å². The number of nitrogens with zero attached hydrogens (tertiary/aromatic N) is 1. The zero-order valence-corrected chi connectivity index (χ0v) is 14.6. The first-order valence-electron chi connectivity index (χ1n) is 8.43. The molecule has 0 aromatic heterocycles. The van der Waals surface area contributed by atoms with Gasteiger partial charge in [0.1, 0.15) is 6.04 Å². The Morgan fingerprint density at radius 1 is 1.15 bits per heavy atom. The van der Waals surface area contributed by atoms with Crippen LogP contribution in [0.15, 0.2) is 48.5 Å². The SMILES string of the molecule is CC(C)c1ccc(NC2CC(=O)N(c3cccc(C(=O)O)c3)C2=O)cc1. The van der Waals surface area contributed by atoms with Gasteiger partial charge in [-0.3, -0.25) is 9.59 Å². The molecule has 6 nitrogen and oxygen atoms in total. The highest BCUT2D eigenvalue weighted by molar-refractivity contribution is 6.23. The molecule has 1 fully saturated rings. The fraction of sp³-hybridized carbons (Fsp3) is 0.250. The van der Waals surface area contributed by atoms with Gasteiger partial charge in [-0.15, -0.1) is 0 Å². The van der Waals surface area contributed by atoms with E-state index in [2.05, 4.69) is 19.2 Å². The molecule has 1 unspecified atom stereocenters. The van der Waals surface area contributed by atoms with Crippen LogP contribution in [0.3, 0.4) is 0 Å². The van der Waals surface area contributed by atoms with Gasteiger partial charge in [0.2, 0.25) is 5.91 Å². The number of benzene rings is 2. The van der Waals surface area contributed by atoms with Crippen molar-refractivity contribution in [3.05, 3.63) is 59.7 Å². The van der Waals surface area contributed by atoms with Gasteiger partial charge in [0, 0.05) is 5.69 Å². The van der Waals surface area contributed by atoms with E-state index in [1.807, 2.05) is 24.3 Å². The lowest BCUT2D eigenvalue weighted by Crippen LogP contribution is -2.34. The number of carbonyl (C=O) groups is 3. The van der Waals surface area contributed by atoms with Gasteiger partial charge in [-0.2, -0.15) is 0 Å². The molecule has 0 saturated carbocycles. The monoisotopic (exact) mass is 352 g/mol. The van der Waals surface area contributed by atoms with E-state index in [1.54, 1.807) is 6.07 Å². The fourth-order valence-corrected chi connectivity index (χ4v) is 2.96. The lowest BCUT2D eigenvalue weighted by molar-refractivity contribution is -0.121.